The zero-order valence-electron chi connectivity index (χ0n) is 10.5. The van der Waals surface area contributed by atoms with Gasteiger partial charge >= 0.3 is 6.18 Å². The average molecular weight is 412 g/mol. The molecule has 1 atom stereocenters. The molecule has 1 aromatic carbocycles. The number of aromatic nitrogens is 1. The molecule has 2 rings (SSSR count). The van der Waals surface area contributed by atoms with Gasteiger partial charge < -0.3 is 5.32 Å². The summed E-state index contributed by atoms with van der Waals surface area (Å²) in [4.78, 5) is 4.07. The smallest absolute Gasteiger partial charge is 0.306 e. The fourth-order valence-corrected chi connectivity index (χ4v) is 3.41. The first-order chi connectivity index (χ1) is 9.43. The predicted molar refractivity (Wildman–Crippen MR) is 81.8 cm³/mol. The maximum absolute atomic E-state index is 12.7. The third-order valence-corrected chi connectivity index (χ3v) is 4.76. The van der Waals surface area contributed by atoms with Crippen molar-refractivity contribution in [2.24, 2.45) is 0 Å². The van der Waals surface area contributed by atoms with Crippen LogP contribution in [-0.4, -0.2) is 11.5 Å². The topological polar surface area (TPSA) is 24.9 Å². The first-order valence-electron chi connectivity index (χ1n) is 5.94. The molecule has 0 aliphatic rings. The minimum Gasteiger partial charge on any atom is -0.306 e. The van der Waals surface area contributed by atoms with Gasteiger partial charge in [0.2, 0.25) is 0 Å². The molecule has 0 aliphatic heterocycles. The van der Waals surface area contributed by atoms with Crippen molar-refractivity contribution in [1.29, 1.82) is 0 Å². The Morgan fingerprint density at radius 2 is 2.05 bits per heavy atom. The van der Waals surface area contributed by atoms with Crippen molar-refractivity contribution in [3.63, 3.8) is 0 Å². The number of benzene rings is 1. The number of nitrogens with one attached hydrogen (secondary N) is 1. The number of hydrogen-bond donors (Lipinski definition) is 1. The standard InChI is InChI=1S/C13H12F3IN2S/c1-2-18-11(8-5-3-4-6-9(8)17)10-7-19-12(20-10)13(14,15)16/h3-7,11,18H,2H2,1H3. The molecule has 0 bridgehead atoms. The molecule has 1 heterocycles. The van der Waals surface area contributed by atoms with Crippen molar-refractivity contribution < 1.29 is 13.2 Å². The van der Waals surface area contributed by atoms with E-state index < -0.39 is 11.2 Å². The van der Waals surface area contributed by atoms with E-state index in [1.54, 1.807) is 0 Å². The van der Waals surface area contributed by atoms with E-state index in [-0.39, 0.29) is 6.04 Å². The highest BCUT2D eigenvalue weighted by atomic mass is 127. The Morgan fingerprint density at radius 1 is 1.35 bits per heavy atom. The molecule has 7 heteroatoms. The van der Waals surface area contributed by atoms with Gasteiger partial charge in [0.25, 0.3) is 0 Å². The van der Waals surface area contributed by atoms with Gasteiger partial charge in [-0.3, -0.25) is 0 Å². The summed E-state index contributed by atoms with van der Waals surface area (Å²) in [6.07, 6.45) is -3.08. The van der Waals surface area contributed by atoms with Gasteiger partial charge in [0.1, 0.15) is 0 Å². The molecule has 2 aromatic rings. The summed E-state index contributed by atoms with van der Waals surface area (Å²) >= 11 is 2.88. The molecule has 1 aromatic heterocycles. The fourth-order valence-electron chi connectivity index (χ4n) is 1.83. The first-order valence-corrected chi connectivity index (χ1v) is 7.83. The third-order valence-electron chi connectivity index (χ3n) is 2.68. The van der Waals surface area contributed by atoms with Crippen molar-refractivity contribution >= 4 is 33.9 Å². The van der Waals surface area contributed by atoms with Crippen LogP contribution in [0, 0.1) is 3.57 Å². The quantitative estimate of drug-likeness (QED) is 0.750. The molecule has 0 saturated heterocycles. The lowest BCUT2D eigenvalue weighted by molar-refractivity contribution is -0.137. The lowest BCUT2D eigenvalue weighted by Gasteiger charge is -2.18. The SMILES string of the molecule is CCNC(c1cnc(C(F)(F)F)s1)c1ccccc1I. The second-order valence-electron chi connectivity index (χ2n) is 4.08. The van der Waals surface area contributed by atoms with Gasteiger partial charge in [0.15, 0.2) is 5.01 Å². The highest BCUT2D eigenvalue weighted by Crippen LogP contribution is 2.36. The van der Waals surface area contributed by atoms with E-state index in [4.69, 9.17) is 0 Å². The highest BCUT2D eigenvalue weighted by Gasteiger charge is 2.35. The number of thiazole rings is 1. The van der Waals surface area contributed by atoms with Crippen LogP contribution in [0.15, 0.2) is 30.5 Å². The largest absolute Gasteiger partial charge is 0.443 e. The lowest BCUT2D eigenvalue weighted by Crippen LogP contribution is -2.21. The molecule has 108 valence electrons. The molecule has 1 N–H and O–H groups in total. The van der Waals surface area contributed by atoms with Crippen LogP contribution in [0.5, 0.6) is 0 Å². The molecule has 0 spiro atoms. The van der Waals surface area contributed by atoms with Gasteiger partial charge in [-0.1, -0.05) is 25.1 Å². The van der Waals surface area contributed by atoms with Crippen LogP contribution in [0.3, 0.4) is 0 Å². The summed E-state index contributed by atoms with van der Waals surface area (Å²) in [6, 6.07) is 7.38. The van der Waals surface area contributed by atoms with E-state index in [1.165, 1.54) is 6.20 Å². The normalized spacial score (nSPS) is 13.4. The average Bonchev–Trinajstić information content (AvgIpc) is 2.86. The van der Waals surface area contributed by atoms with Crippen LogP contribution in [-0.2, 0) is 6.18 Å². The van der Waals surface area contributed by atoms with Crippen molar-refractivity contribution in [3.8, 4) is 0 Å². The Balaban J connectivity index is 2.39. The van der Waals surface area contributed by atoms with Crippen molar-refractivity contribution in [2.45, 2.75) is 19.1 Å². The number of rotatable bonds is 4. The van der Waals surface area contributed by atoms with Gasteiger partial charge in [-0.25, -0.2) is 4.98 Å². The minimum absolute atomic E-state index is 0.262. The van der Waals surface area contributed by atoms with E-state index in [2.05, 4.69) is 32.9 Å². The van der Waals surface area contributed by atoms with Crippen molar-refractivity contribution in [1.82, 2.24) is 10.3 Å². The van der Waals surface area contributed by atoms with Crippen molar-refractivity contribution in [2.75, 3.05) is 6.54 Å². The zero-order valence-corrected chi connectivity index (χ0v) is 13.5. The Bertz CT molecular complexity index is 583. The number of halogens is 4. The van der Waals surface area contributed by atoms with Gasteiger partial charge in [0, 0.05) is 14.6 Å². The van der Waals surface area contributed by atoms with Gasteiger partial charge in [0.05, 0.1) is 6.04 Å². The van der Waals surface area contributed by atoms with Crippen LogP contribution < -0.4 is 5.32 Å². The molecule has 0 saturated carbocycles. The third kappa shape index (κ3) is 3.50. The van der Waals surface area contributed by atoms with Crippen LogP contribution in [0.4, 0.5) is 13.2 Å². The monoisotopic (exact) mass is 412 g/mol. The molecule has 20 heavy (non-hydrogen) atoms. The van der Waals surface area contributed by atoms with Crippen LogP contribution in [0.2, 0.25) is 0 Å². The Kier molecular flexibility index (Phi) is 5.03. The molecule has 0 fully saturated rings. The zero-order chi connectivity index (χ0) is 14.8. The van der Waals surface area contributed by atoms with Crippen molar-refractivity contribution in [3.05, 3.63) is 49.5 Å². The van der Waals surface area contributed by atoms with E-state index in [0.717, 1.165) is 9.13 Å². The highest BCUT2D eigenvalue weighted by molar-refractivity contribution is 14.1. The Labute approximate surface area is 132 Å². The molecule has 1 unspecified atom stereocenters. The maximum Gasteiger partial charge on any atom is 0.443 e. The lowest BCUT2D eigenvalue weighted by atomic mass is 10.1. The van der Waals surface area contributed by atoms with Gasteiger partial charge in [-0.2, -0.15) is 13.2 Å². The van der Waals surface area contributed by atoms with Crippen LogP contribution in [0.25, 0.3) is 0 Å². The van der Waals surface area contributed by atoms with Crippen LogP contribution in [0.1, 0.15) is 28.4 Å². The summed E-state index contributed by atoms with van der Waals surface area (Å²) in [5.74, 6) is 0. The Morgan fingerprint density at radius 3 is 2.60 bits per heavy atom. The van der Waals surface area contributed by atoms with E-state index in [1.807, 2.05) is 31.2 Å². The van der Waals surface area contributed by atoms with Crippen LogP contribution >= 0.6 is 33.9 Å². The predicted octanol–water partition coefficient (Wildman–Crippen LogP) is 4.47. The number of hydrogen-bond acceptors (Lipinski definition) is 3. The summed E-state index contributed by atoms with van der Waals surface area (Å²) < 4.78 is 39.0. The first kappa shape index (κ1) is 15.7. The molecule has 0 radical (unpaired) electrons. The van der Waals surface area contributed by atoms with E-state index >= 15 is 0 Å². The Hall–Kier alpha value is -0.670. The summed E-state index contributed by atoms with van der Waals surface area (Å²) in [7, 11) is 0. The molecule has 0 aliphatic carbocycles. The number of alkyl halides is 3. The molecule has 0 amide bonds. The number of nitrogens with zero attached hydrogens (tertiary/aromatic N) is 1. The van der Waals surface area contributed by atoms with Gasteiger partial charge in [-0.05, 0) is 40.8 Å². The maximum atomic E-state index is 12.7. The second kappa shape index (κ2) is 6.40. The summed E-state index contributed by atoms with van der Waals surface area (Å²) in [6.45, 7) is 2.59. The minimum atomic E-state index is -4.39. The second-order valence-corrected chi connectivity index (χ2v) is 6.30. The summed E-state index contributed by atoms with van der Waals surface area (Å²) in [5, 5.41) is 2.41. The van der Waals surface area contributed by atoms with Gasteiger partial charge in [-0.15, -0.1) is 11.3 Å². The molecule has 2 nitrogen and oxygen atoms in total. The van der Waals surface area contributed by atoms with E-state index in [9.17, 15) is 13.2 Å². The summed E-state index contributed by atoms with van der Waals surface area (Å²) in [5.41, 5.74) is 0.965. The molecular formula is C13H12F3IN2S. The fraction of sp³-hybridized carbons (Fsp3) is 0.308. The molecular weight excluding hydrogens is 400 g/mol. The van der Waals surface area contributed by atoms with E-state index in [0.29, 0.717) is 22.8 Å².